The first-order valence-corrected chi connectivity index (χ1v) is 9.21. The van der Waals surface area contributed by atoms with Gasteiger partial charge in [-0.3, -0.25) is 0 Å². The molecule has 0 N–H and O–H groups in total. The highest BCUT2D eigenvalue weighted by atomic mass is 79.9. The van der Waals surface area contributed by atoms with E-state index in [1.807, 2.05) is 24.3 Å². The molecule has 1 nitrogen and oxygen atoms in total. The maximum Gasteiger partial charge on any atom is 0.108 e. The van der Waals surface area contributed by atoms with Crippen LogP contribution in [0.5, 0.6) is 0 Å². The summed E-state index contributed by atoms with van der Waals surface area (Å²) in [5.74, 6) is 5.54. The van der Waals surface area contributed by atoms with Crippen LogP contribution >= 0.6 is 15.9 Å². The molecular weight excluding hydrogens is 336 g/mol. The van der Waals surface area contributed by atoms with Gasteiger partial charge in [0.05, 0.1) is 9.35 Å². The zero-order valence-corrected chi connectivity index (χ0v) is 15.3. The van der Waals surface area contributed by atoms with Gasteiger partial charge >= 0.3 is 0 Å². The Hall–Kier alpha value is -0.780. The number of ether oxygens (including phenoxy) is 1. The fraction of sp³-hybridized carbons (Fsp3) is 0.600. The van der Waals surface area contributed by atoms with Gasteiger partial charge in [0.25, 0.3) is 0 Å². The van der Waals surface area contributed by atoms with E-state index >= 15 is 0 Å². The lowest BCUT2D eigenvalue weighted by molar-refractivity contribution is 0.153. The molecule has 2 heteroatoms. The molecule has 1 aromatic rings. The van der Waals surface area contributed by atoms with Crippen LogP contribution < -0.4 is 0 Å². The zero-order valence-electron chi connectivity index (χ0n) is 15.7. The molecular formula is C20H29BrO. The van der Waals surface area contributed by atoms with E-state index in [1.165, 1.54) is 44.9 Å². The summed E-state index contributed by atoms with van der Waals surface area (Å²) >= 11 is 3.37. The maximum atomic E-state index is 7.79. The van der Waals surface area contributed by atoms with Gasteiger partial charge in [0.1, 0.15) is 6.56 Å². The summed E-state index contributed by atoms with van der Waals surface area (Å²) in [5, 5.41) is 0. The number of benzene rings is 1. The molecule has 0 heterocycles. The molecule has 0 saturated carbocycles. The third-order valence-electron chi connectivity index (χ3n) is 3.52. The predicted molar refractivity (Wildman–Crippen MR) is 98.8 cm³/mol. The fourth-order valence-electron chi connectivity index (χ4n) is 2.18. The van der Waals surface area contributed by atoms with Crippen LogP contribution in [0.4, 0.5) is 0 Å². The van der Waals surface area contributed by atoms with Gasteiger partial charge in [0.15, 0.2) is 0 Å². The van der Waals surface area contributed by atoms with Crippen molar-refractivity contribution in [3.8, 4) is 11.8 Å². The second-order valence-electron chi connectivity index (χ2n) is 5.54. The number of rotatable bonds is 11. The van der Waals surface area contributed by atoms with Crippen LogP contribution in [-0.4, -0.2) is 6.56 Å². The summed E-state index contributed by atoms with van der Waals surface area (Å²) < 4.78 is 21.9. The van der Waals surface area contributed by atoms with E-state index in [-0.39, 0.29) is 6.61 Å². The van der Waals surface area contributed by atoms with E-state index in [1.54, 1.807) is 0 Å². The highest BCUT2D eigenvalue weighted by Gasteiger charge is 1.92. The van der Waals surface area contributed by atoms with Crippen LogP contribution in [-0.2, 0) is 11.3 Å². The topological polar surface area (TPSA) is 9.23 Å². The van der Waals surface area contributed by atoms with E-state index in [9.17, 15) is 0 Å². The lowest BCUT2D eigenvalue weighted by Gasteiger charge is -2.00. The Morgan fingerprint density at radius 3 is 2.27 bits per heavy atom. The third kappa shape index (κ3) is 10.9. The number of unbranched alkanes of at least 4 members (excludes halogenated alkanes) is 8. The minimum Gasteiger partial charge on any atom is -0.364 e. The monoisotopic (exact) mass is 366 g/mol. The van der Waals surface area contributed by atoms with Gasteiger partial charge in [-0.2, -0.15) is 0 Å². The van der Waals surface area contributed by atoms with Crippen LogP contribution in [0, 0.1) is 11.8 Å². The van der Waals surface area contributed by atoms with Gasteiger partial charge in [-0.15, -0.1) is 5.92 Å². The Balaban J connectivity index is 2.13. The lowest BCUT2D eigenvalue weighted by Crippen LogP contribution is -1.92. The Morgan fingerprint density at radius 1 is 0.955 bits per heavy atom. The molecule has 1 aromatic carbocycles. The minimum atomic E-state index is -1.88. The first-order chi connectivity index (χ1) is 11.5. The molecule has 22 heavy (non-hydrogen) atoms. The molecule has 0 radical (unpaired) electrons. The highest BCUT2D eigenvalue weighted by molar-refractivity contribution is 9.10. The predicted octanol–water partition coefficient (Wildman–Crippen LogP) is 6.50. The van der Waals surface area contributed by atoms with Crippen molar-refractivity contribution in [1.29, 1.82) is 0 Å². The molecule has 0 aliphatic heterocycles. The molecule has 0 aromatic heterocycles. The molecule has 0 atom stereocenters. The Morgan fingerprint density at radius 2 is 1.59 bits per heavy atom. The first-order valence-electron chi connectivity index (χ1n) is 9.42. The molecule has 0 fully saturated rings. The largest absolute Gasteiger partial charge is 0.364 e. The minimum absolute atomic E-state index is 0.229. The van der Waals surface area contributed by atoms with Crippen molar-refractivity contribution >= 4 is 15.9 Å². The van der Waals surface area contributed by atoms with Crippen molar-refractivity contribution in [3.63, 3.8) is 0 Å². The van der Waals surface area contributed by atoms with Gasteiger partial charge in [0, 0.05) is 10.9 Å². The molecule has 0 aliphatic rings. The first kappa shape index (κ1) is 16.1. The number of halogens is 1. The maximum absolute atomic E-state index is 7.79. The molecule has 122 valence electrons. The molecule has 1 rings (SSSR count). The molecule has 0 amide bonds. The number of hydrogen-bond acceptors (Lipinski definition) is 1. The Bertz CT molecular complexity index is 503. The van der Waals surface area contributed by atoms with Crippen molar-refractivity contribution < 1.29 is 7.48 Å². The van der Waals surface area contributed by atoms with E-state index in [4.69, 9.17) is 7.48 Å². The van der Waals surface area contributed by atoms with Gasteiger partial charge < -0.3 is 4.74 Å². The van der Waals surface area contributed by atoms with Gasteiger partial charge in [-0.25, -0.2) is 0 Å². The fourth-order valence-corrected chi connectivity index (χ4v) is 2.45. The van der Waals surface area contributed by atoms with Crippen LogP contribution in [0.25, 0.3) is 0 Å². The van der Waals surface area contributed by atoms with Gasteiger partial charge in [-0.05, 0) is 24.1 Å². The summed E-state index contributed by atoms with van der Waals surface area (Å²) in [6.45, 7) is 0.583. The lowest BCUT2D eigenvalue weighted by atomic mass is 10.1. The molecule has 0 aliphatic carbocycles. The summed E-state index contributed by atoms with van der Waals surface area (Å²) in [6, 6.07) is 7.66. The smallest absolute Gasteiger partial charge is 0.108 e. The standard InChI is InChI=1S/C20H29BrO/c1-2-3-4-5-6-7-8-9-10-11-12-17-22-18-19-13-15-20(21)16-14-19/h13-16H,2-10,17-18H2,1H3/i17D2. The van der Waals surface area contributed by atoms with E-state index < -0.39 is 6.56 Å². The van der Waals surface area contributed by atoms with E-state index in [0.717, 1.165) is 22.9 Å². The SMILES string of the molecule is [2H]C([2H])(C#CCCCCCCCCCC)OCc1ccc(Br)cc1. The average molecular weight is 367 g/mol. The number of hydrogen-bond donors (Lipinski definition) is 0. The summed E-state index contributed by atoms with van der Waals surface area (Å²) in [4.78, 5) is 0. The van der Waals surface area contributed by atoms with Crippen molar-refractivity contribution in [1.82, 2.24) is 0 Å². The average Bonchev–Trinajstić information content (AvgIpc) is 2.56. The summed E-state index contributed by atoms with van der Waals surface area (Å²) in [5.41, 5.74) is 0.937. The van der Waals surface area contributed by atoms with Crippen LogP contribution in [0.3, 0.4) is 0 Å². The quantitative estimate of drug-likeness (QED) is 0.320. The van der Waals surface area contributed by atoms with Crippen LogP contribution in [0.1, 0.15) is 73.0 Å². The summed E-state index contributed by atoms with van der Waals surface area (Å²) in [6.07, 6.45) is 10.9. The highest BCUT2D eigenvalue weighted by Crippen LogP contribution is 2.11. The summed E-state index contributed by atoms with van der Waals surface area (Å²) in [7, 11) is 0. The Labute approximate surface area is 147 Å². The van der Waals surface area contributed by atoms with Crippen LogP contribution in [0.2, 0.25) is 0 Å². The van der Waals surface area contributed by atoms with Crippen molar-refractivity contribution in [3.05, 3.63) is 34.3 Å². The van der Waals surface area contributed by atoms with Crippen molar-refractivity contribution in [2.45, 2.75) is 71.3 Å². The van der Waals surface area contributed by atoms with Crippen molar-refractivity contribution in [2.24, 2.45) is 0 Å². The second-order valence-corrected chi connectivity index (χ2v) is 6.46. The molecule has 0 saturated heterocycles. The van der Waals surface area contributed by atoms with Gasteiger partial charge in [-0.1, -0.05) is 85.9 Å². The second kappa shape index (κ2) is 13.9. The third-order valence-corrected chi connectivity index (χ3v) is 4.05. The van der Waals surface area contributed by atoms with Gasteiger partial charge in [0.2, 0.25) is 0 Å². The van der Waals surface area contributed by atoms with Crippen molar-refractivity contribution in [2.75, 3.05) is 6.56 Å². The molecule has 0 bridgehead atoms. The molecule has 0 spiro atoms. The normalized spacial score (nSPS) is 12.3. The van der Waals surface area contributed by atoms with E-state index in [0.29, 0.717) is 0 Å². The van der Waals surface area contributed by atoms with E-state index in [2.05, 4.69) is 34.7 Å². The molecule has 0 unspecified atom stereocenters. The van der Waals surface area contributed by atoms with Crippen LogP contribution in [0.15, 0.2) is 28.7 Å². The zero-order chi connectivity index (χ0) is 17.7. The Kier molecular flexibility index (Phi) is 10.1.